The molecule has 0 saturated carbocycles. The Morgan fingerprint density at radius 2 is 2.05 bits per heavy atom. The molecule has 0 fully saturated rings. The highest BCUT2D eigenvalue weighted by Crippen LogP contribution is 2.26. The first kappa shape index (κ1) is 17.4. The van der Waals surface area contributed by atoms with Crippen LogP contribution >= 0.6 is 15.9 Å². The highest BCUT2D eigenvalue weighted by atomic mass is 79.9. The molecular weight excluding hydrogens is 320 g/mol. The third-order valence-corrected chi connectivity index (χ3v) is 3.80. The lowest BCUT2D eigenvalue weighted by Crippen LogP contribution is -2.49. The number of hydrazine groups is 1. The quantitative estimate of drug-likeness (QED) is 0.562. The normalized spacial score (nSPS) is 14.3. The van der Waals surface area contributed by atoms with Gasteiger partial charge in [-0.1, -0.05) is 29.8 Å². The number of hydrogen-bond donors (Lipinski definition) is 2. The molecule has 2 atom stereocenters. The van der Waals surface area contributed by atoms with Crippen LogP contribution in [0.15, 0.2) is 22.7 Å². The lowest BCUT2D eigenvalue weighted by Gasteiger charge is -2.30. The fourth-order valence-corrected chi connectivity index (χ4v) is 2.79. The summed E-state index contributed by atoms with van der Waals surface area (Å²) >= 11 is 3.50. The van der Waals surface area contributed by atoms with Crippen LogP contribution in [0.25, 0.3) is 0 Å². The Kier molecular flexibility index (Phi) is 7.51. The molecule has 3 N–H and O–H groups in total. The Labute approximate surface area is 130 Å². The Morgan fingerprint density at radius 1 is 1.35 bits per heavy atom. The molecule has 0 aliphatic rings. The SMILES string of the molecule is CCOC(C(C)C)C(Cc1cc(Br)ccc1OC)NN. The van der Waals surface area contributed by atoms with Gasteiger partial charge in [-0.15, -0.1) is 0 Å². The minimum Gasteiger partial charge on any atom is -0.496 e. The molecule has 0 aliphatic heterocycles. The van der Waals surface area contributed by atoms with E-state index in [1.807, 2.05) is 19.1 Å². The fraction of sp³-hybridized carbons (Fsp3) is 0.600. The zero-order valence-corrected chi connectivity index (χ0v) is 14.2. The van der Waals surface area contributed by atoms with Crippen LogP contribution < -0.4 is 16.0 Å². The molecule has 2 unspecified atom stereocenters. The summed E-state index contributed by atoms with van der Waals surface area (Å²) in [5.74, 6) is 6.99. The van der Waals surface area contributed by atoms with E-state index < -0.39 is 0 Å². The van der Waals surface area contributed by atoms with E-state index in [2.05, 4.69) is 41.3 Å². The molecular formula is C15H25BrN2O2. The first-order valence-electron chi connectivity index (χ1n) is 6.93. The molecule has 4 nitrogen and oxygen atoms in total. The summed E-state index contributed by atoms with van der Waals surface area (Å²) in [6, 6.07) is 6.03. The molecule has 1 rings (SSSR count). The first-order valence-corrected chi connectivity index (χ1v) is 7.72. The molecule has 0 aromatic heterocycles. The van der Waals surface area contributed by atoms with Crippen molar-refractivity contribution in [2.45, 2.75) is 39.3 Å². The molecule has 20 heavy (non-hydrogen) atoms. The Balaban J connectivity index is 2.94. The van der Waals surface area contributed by atoms with Gasteiger partial charge in [-0.2, -0.15) is 0 Å². The highest BCUT2D eigenvalue weighted by molar-refractivity contribution is 9.10. The summed E-state index contributed by atoms with van der Waals surface area (Å²) < 4.78 is 12.3. The predicted molar refractivity (Wildman–Crippen MR) is 85.8 cm³/mol. The summed E-state index contributed by atoms with van der Waals surface area (Å²) in [4.78, 5) is 0. The van der Waals surface area contributed by atoms with Crippen molar-refractivity contribution in [1.29, 1.82) is 0 Å². The van der Waals surface area contributed by atoms with Gasteiger partial charge in [0.15, 0.2) is 0 Å². The summed E-state index contributed by atoms with van der Waals surface area (Å²) in [5.41, 5.74) is 4.00. The molecule has 114 valence electrons. The van der Waals surface area contributed by atoms with E-state index in [1.54, 1.807) is 7.11 Å². The van der Waals surface area contributed by atoms with Gasteiger partial charge in [0.05, 0.1) is 19.3 Å². The second-order valence-corrected chi connectivity index (χ2v) is 6.01. The van der Waals surface area contributed by atoms with Crippen LogP contribution in [0.2, 0.25) is 0 Å². The summed E-state index contributed by atoms with van der Waals surface area (Å²) in [5, 5.41) is 0. The lowest BCUT2D eigenvalue weighted by molar-refractivity contribution is 0.00345. The van der Waals surface area contributed by atoms with Crippen molar-refractivity contribution >= 4 is 15.9 Å². The van der Waals surface area contributed by atoms with E-state index >= 15 is 0 Å². The number of rotatable bonds is 8. The van der Waals surface area contributed by atoms with Crippen molar-refractivity contribution in [2.75, 3.05) is 13.7 Å². The van der Waals surface area contributed by atoms with Crippen LogP contribution in [0.3, 0.4) is 0 Å². The Bertz CT molecular complexity index is 413. The topological polar surface area (TPSA) is 56.5 Å². The zero-order chi connectivity index (χ0) is 15.1. The summed E-state index contributed by atoms with van der Waals surface area (Å²) in [6.45, 7) is 6.96. The van der Waals surface area contributed by atoms with Crippen molar-refractivity contribution in [3.8, 4) is 5.75 Å². The molecule has 1 aromatic rings. The smallest absolute Gasteiger partial charge is 0.122 e. The predicted octanol–water partition coefficient (Wildman–Crippen LogP) is 2.89. The second kappa shape index (κ2) is 8.62. The standard InChI is InChI=1S/C15H25BrN2O2/c1-5-20-15(10(2)3)13(18-17)9-11-8-12(16)6-7-14(11)19-4/h6-8,10,13,15,18H,5,9,17H2,1-4H3. The maximum Gasteiger partial charge on any atom is 0.122 e. The molecule has 0 heterocycles. The van der Waals surface area contributed by atoms with Crippen LogP contribution in [0.4, 0.5) is 0 Å². The van der Waals surface area contributed by atoms with Gasteiger partial charge in [-0.05, 0) is 43.0 Å². The molecule has 0 aliphatic carbocycles. The Morgan fingerprint density at radius 3 is 2.55 bits per heavy atom. The van der Waals surface area contributed by atoms with Gasteiger partial charge < -0.3 is 9.47 Å². The molecule has 5 heteroatoms. The second-order valence-electron chi connectivity index (χ2n) is 5.10. The van der Waals surface area contributed by atoms with Crippen molar-refractivity contribution in [3.05, 3.63) is 28.2 Å². The molecule has 0 amide bonds. The molecule has 0 radical (unpaired) electrons. The van der Waals surface area contributed by atoms with E-state index in [0.29, 0.717) is 12.5 Å². The minimum absolute atomic E-state index is 0.0400. The van der Waals surface area contributed by atoms with Crippen molar-refractivity contribution < 1.29 is 9.47 Å². The van der Waals surface area contributed by atoms with Crippen molar-refractivity contribution in [2.24, 2.45) is 11.8 Å². The third-order valence-electron chi connectivity index (χ3n) is 3.31. The Hall–Kier alpha value is -0.620. The van der Waals surface area contributed by atoms with Crippen LogP contribution in [0.1, 0.15) is 26.3 Å². The van der Waals surface area contributed by atoms with Crippen molar-refractivity contribution in [3.63, 3.8) is 0 Å². The number of benzene rings is 1. The maximum atomic E-state index is 5.84. The number of ether oxygens (including phenoxy) is 2. The van der Waals surface area contributed by atoms with E-state index in [0.717, 1.165) is 22.2 Å². The third kappa shape index (κ3) is 4.74. The first-order chi connectivity index (χ1) is 9.53. The van der Waals surface area contributed by atoms with Gasteiger partial charge in [0.2, 0.25) is 0 Å². The summed E-state index contributed by atoms with van der Waals surface area (Å²) in [7, 11) is 1.68. The maximum absolute atomic E-state index is 5.84. The van der Waals surface area contributed by atoms with Crippen LogP contribution in [0.5, 0.6) is 5.75 Å². The summed E-state index contributed by atoms with van der Waals surface area (Å²) in [6.07, 6.45) is 0.816. The van der Waals surface area contributed by atoms with Crippen LogP contribution in [-0.2, 0) is 11.2 Å². The van der Waals surface area contributed by atoms with Gasteiger partial charge in [0.25, 0.3) is 0 Å². The monoisotopic (exact) mass is 344 g/mol. The van der Waals surface area contributed by atoms with Gasteiger partial charge in [0, 0.05) is 11.1 Å². The molecule has 0 bridgehead atoms. The lowest BCUT2D eigenvalue weighted by atomic mass is 9.94. The van der Waals surface area contributed by atoms with E-state index in [-0.39, 0.29) is 12.1 Å². The number of halogens is 1. The highest BCUT2D eigenvalue weighted by Gasteiger charge is 2.25. The van der Waals surface area contributed by atoms with Crippen molar-refractivity contribution in [1.82, 2.24) is 5.43 Å². The average molecular weight is 345 g/mol. The van der Waals surface area contributed by atoms with E-state index in [4.69, 9.17) is 15.3 Å². The number of nitrogens with two attached hydrogens (primary N) is 1. The molecule has 0 saturated heterocycles. The molecule has 0 spiro atoms. The van der Waals surface area contributed by atoms with Crippen LogP contribution in [-0.4, -0.2) is 25.9 Å². The number of hydrogen-bond acceptors (Lipinski definition) is 4. The largest absolute Gasteiger partial charge is 0.496 e. The number of nitrogens with one attached hydrogen (secondary N) is 1. The van der Waals surface area contributed by atoms with Crippen LogP contribution in [0, 0.1) is 5.92 Å². The van der Waals surface area contributed by atoms with Gasteiger partial charge in [0.1, 0.15) is 5.75 Å². The molecule has 1 aromatic carbocycles. The van der Waals surface area contributed by atoms with E-state index in [9.17, 15) is 0 Å². The average Bonchev–Trinajstić information content (AvgIpc) is 2.42. The van der Waals surface area contributed by atoms with Gasteiger partial charge >= 0.3 is 0 Å². The minimum atomic E-state index is 0.0400. The fourth-order valence-electron chi connectivity index (χ4n) is 2.38. The number of methoxy groups -OCH3 is 1. The van der Waals surface area contributed by atoms with E-state index in [1.165, 1.54) is 0 Å². The van der Waals surface area contributed by atoms with Gasteiger partial charge in [-0.3, -0.25) is 11.3 Å². The zero-order valence-electron chi connectivity index (χ0n) is 12.7. The van der Waals surface area contributed by atoms with Gasteiger partial charge in [-0.25, -0.2) is 0 Å².